The Morgan fingerprint density at radius 2 is 2.15 bits per heavy atom. The summed E-state index contributed by atoms with van der Waals surface area (Å²) in [5.41, 5.74) is 0. The van der Waals surface area contributed by atoms with E-state index in [0.29, 0.717) is 23.7 Å². The van der Waals surface area contributed by atoms with Crippen molar-refractivity contribution in [2.24, 2.45) is 23.7 Å². The zero-order chi connectivity index (χ0) is 9.00. The van der Waals surface area contributed by atoms with Crippen LogP contribution in [-0.2, 0) is 4.79 Å². The Morgan fingerprint density at radius 1 is 1.38 bits per heavy atom. The molecule has 70 valence electrons. The van der Waals surface area contributed by atoms with Crippen LogP contribution in [0.1, 0.15) is 6.42 Å². The average molecular weight is 179 g/mol. The number of fused-ring (bicyclic) bond motifs is 5. The van der Waals surface area contributed by atoms with Crippen molar-refractivity contribution in [3.8, 4) is 0 Å². The minimum atomic E-state index is -0.673. The molecule has 0 aromatic heterocycles. The quantitative estimate of drug-likeness (QED) is 0.576. The first-order valence-electron chi connectivity index (χ1n) is 4.92. The number of aliphatic carboxylic acids is 1. The second-order valence-corrected chi connectivity index (χ2v) is 4.41. The summed E-state index contributed by atoms with van der Waals surface area (Å²) < 4.78 is 0. The van der Waals surface area contributed by atoms with Crippen LogP contribution in [0.15, 0.2) is 12.2 Å². The predicted molar refractivity (Wildman–Crippen MR) is 47.1 cm³/mol. The molecule has 3 heteroatoms. The second-order valence-electron chi connectivity index (χ2n) is 4.41. The molecule has 5 atom stereocenters. The Balaban J connectivity index is 1.92. The summed E-state index contributed by atoms with van der Waals surface area (Å²) in [7, 11) is 0. The molecule has 0 spiro atoms. The van der Waals surface area contributed by atoms with Gasteiger partial charge in [-0.05, 0) is 36.6 Å². The Morgan fingerprint density at radius 3 is 2.92 bits per heavy atom. The van der Waals surface area contributed by atoms with Crippen molar-refractivity contribution in [2.75, 3.05) is 6.54 Å². The van der Waals surface area contributed by atoms with Gasteiger partial charge in [-0.2, -0.15) is 0 Å². The summed E-state index contributed by atoms with van der Waals surface area (Å²) >= 11 is 0. The van der Waals surface area contributed by atoms with Crippen LogP contribution in [0.4, 0.5) is 0 Å². The van der Waals surface area contributed by atoms with Gasteiger partial charge in [-0.3, -0.25) is 4.79 Å². The molecule has 2 fully saturated rings. The maximum absolute atomic E-state index is 10.9. The van der Waals surface area contributed by atoms with Crippen LogP contribution in [0.3, 0.4) is 0 Å². The van der Waals surface area contributed by atoms with Gasteiger partial charge in [0.1, 0.15) is 6.04 Å². The molecule has 0 radical (unpaired) electrons. The summed E-state index contributed by atoms with van der Waals surface area (Å²) in [6, 6.07) is -0.287. The molecule has 0 aromatic carbocycles. The monoisotopic (exact) mass is 179 g/mol. The lowest BCUT2D eigenvalue weighted by molar-refractivity contribution is -0.140. The van der Waals surface area contributed by atoms with Crippen LogP contribution in [0.2, 0.25) is 0 Å². The molecule has 1 heterocycles. The second kappa shape index (κ2) is 2.35. The van der Waals surface area contributed by atoms with Crippen LogP contribution in [-0.4, -0.2) is 23.7 Å². The van der Waals surface area contributed by atoms with Crippen molar-refractivity contribution in [1.29, 1.82) is 0 Å². The summed E-state index contributed by atoms with van der Waals surface area (Å²) in [6.07, 6.45) is 5.69. The van der Waals surface area contributed by atoms with Crippen LogP contribution >= 0.6 is 0 Å². The average Bonchev–Trinajstić information content (AvgIpc) is 2.76. The van der Waals surface area contributed by atoms with Crippen molar-refractivity contribution in [2.45, 2.75) is 12.5 Å². The lowest BCUT2D eigenvalue weighted by atomic mass is 9.82. The largest absolute Gasteiger partial charge is 0.480 e. The summed E-state index contributed by atoms with van der Waals surface area (Å²) in [4.78, 5) is 10.9. The first-order chi connectivity index (χ1) is 6.27. The first-order valence-corrected chi connectivity index (χ1v) is 4.92. The normalized spacial score (nSPS) is 51.2. The van der Waals surface area contributed by atoms with E-state index >= 15 is 0 Å². The standard InChI is InChI=1S/C10H13NO2/c12-10(13)9-8-6-2-1-5(3-6)7(8)4-11-9/h1-2,5-9,11H,3-4H2,(H,12,13)/t5-,6+,7-,8+,9+/m1/s1. The highest BCUT2D eigenvalue weighted by Gasteiger charge is 2.53. The number of carbonyl (C=O) groups is 1. The third-order valence-electron chi connectivity index (χ3n) is 3.91. The minimum Gasteiger partial charge on any atom is -0.480 e. The maximum atomic E-state index is 10.9. The Labute approximate surface area is 76.8 Å². The number of nitrogens with one attached hydrogen (secondary N) is 1. The molecular formula is C10H13NO2. The molecule has 3 rings (SSSR count). The van der Waals surface area contributed by atoms with Crippen LogP contribution in [0.5, 0.6) is 0 Å². The van der Waals surface area contributed by atoms with E-state index in [9.17, 15) is 4.79 Å². The number of rotatable bonds is 1. The number of carboxylic acid groups (broad SMARTS) is 1. The fraction of sp³-hybridized carbons (Fsp3) is 0.700. The Kier molecular flexibility index (Phi) is 1.37. The third-order valence-corrected chi connectivity index (χ3v) is 3.91. The summed E-state index contributed by atoms with van der Waals surface area (Å²) in [6.45, 7) is 0.896. The van der Waals surface area contributed by atoms with Gasteiger partial charge in [-0.15, -0.1) is 0 Å². The highest BCUT2D eigenvalue weighted by atomic mass is 16.4. The van der Waals surface area contributed by atoms with Gasteiger partial charge in [0, 0.05) is 0 Å². The number of carboxylic acids is 1. The molecule has 2 aliphatic carbocycles. The molecule has 2 N–H and O–H groups in total. The molecular weight excluding hydrogens is 166 g/mol. The first kappa shape index (κ1) is 7.56. The Bertz CT molecular complexity index is 287. The molecule has 2 bridgehead atoms. The summed E-state index contributed by atoms with van der Waals surface area (Å²) in [5.74, 6) is 1.48. The molecule has 0 aromatic rings. The van der Waals surface area contributed by atoms with E-state index in [2.05, 4.69) is 17.5 Å². The van der Waals surface area contributed by atoms with Crippen molar-refractivity contribution in [1.82, 2.24) is 5.32 Å². The van der Waals surface area contributed by atoms with E-state index in [1.165, 1.54) is 6.42 Å². The van der Waals surface area contributed by atoms with Gasteiger partial charge in [-0.25, -0.2) is 0 Å². The van der Waals surface area contributed by atoms with Gasteiger partial charge in [0.25, 0.3) is 0 Å². The van der Waals surface area contributed by atoms with Crippen LogP contribution in [0.25, 0.3) is 0 Å². The number of hydrogen-bond acceptors (Lipinski definition) is 2. The van der Waals surface area contributed by atoms with Gasteiger partial charge in [0.05, 0.1) is 0 Å². The molecule has 3 nitrogen and oxygen atoms in total. The fourth-order valence-corrected chi connectivity index (χ4v) is 3.40. The molecule has 1 saturated carbocycles. The third kappa shape index (κ3) is 0.854. The molecule has 0 unspecified atom stereocenters. The molecule has 13 heavy (non-hydrogen) atoms. The minimum absolute atomic E-state index is 0.287. The number of allylic oxidation sites excluding steroid dienone is 2. The van der Waals surface area contributed by atoms with E-state index in [4.69, 9.17) is 5.11 Å². The van der Waals surface area contributed by atoms with Crippen molar-refractivity contribution in [3.05, 3.63) is 12.2 Å². The Hall–Kier alpha value is -0.830. The predicted octanol–water partition coefficient (Wildman–Crippen LogP) is 0.481. The van der Waals surface area contributed by atoms with Gasteiger partial charge in [0.15, 0.2) is 0 Å². The van der Waals surface area contributed by atoms with Crippen LogP contribution < -0.4 is 5.32 Å². The zero-order valence-electron chi connectivity index (χ0n) is 7.31. The SMILES string of the molecule is O=C(O)[C@H]1NC[C@H]2[C@@H]1[C@H]1C=C[C@@H]2C1. The highest BCUT2D eigenvalue weighted by Crippen LogP contribution is 2.51. The molecule has 1 saturated heterocycles. The van der Waals surface area contributed by atoms with E-state index in [1.807, 2.05) is 0 Å². The molecule has 1 aliphatic heterocycles. The topological polar surface area (TPSA) is 49.3 Å². The summed E-state index contributed by atoms with van der Waals surface area (Å²) in [5, 5.41) is 12.1. The van der Waals surface area contributed by atoms with E-state index in [0.717, 1.165) is 6.54 Å². The van der Waals surface area contributed by atoms with E-state index < -0.39 is 5.97 Å². The maximum Gasteiger partial charge on any atom is 0.321 e. The zero-order valence-corrected chi connectivity index (χ0v) is 7.31. The lowest BCUT2D eigenvalue weighted by Gasteiger charge is -2.22. The lowest BCUT2D eigenvalue weighted by Crippen LogP contribution is -2.37. The van der Waals surface area contributed by atoms with E-state index in [-0.39, 0.29) is 6.04 Å². The van der Waals surface area contributed by atoms with Crippen molar-refractivity contribution >= 4 is 5.97 Å². The smallest absolute Gasteiger partial charge is 0.321 e. The highest BCUT2D eigenvalue weighted by molar-refractivity contribution is 5.74. The van der Waals surface area contributed by atoms with Gasteiger partial charge >= 0.3 is 5.97 Å². The van der Waals surface area contributed by atoms with Gasteiger partial charge < -0.3 is 10.4 Å². The van der Waals surface area contributed by atoms with Crippen molar-refractivity contribution in [3.63, 3.8) is 0 Å². The van der Waals surface area contributed by atoms with Crippen LogP contribution in [0, 0.1) is 23.7 Å². The number of hydrogen-bond donors (Lipinski definition) is 2. The van der Waals surface area contributed by atoms with E-state index in [1.54, 1.807) is 0 Å². The van der Waals surface area contributed by atoms with Gasteiger partial charge in [-0.1, -0.05) is 12.2 Å². The fourth-order valence-electron chi connectivity index (χ4n) is 3.40. The van der Waals surface area contributed by atoms with Crippen molar-refractivity contribution < 1.29 is 9.90 Å². The molecule has 0 amide bonds. The van der Waals surface area contributed by atoms with Gasteiger partial charge in [0.2, 0.25) is 0 Å². The molecule has 3 aliphatic rings.